The van der Waals surface area contributed by atoms with E-state index in [1.54, 1.807) is 0 Å². The van der Waals surface area contributed by atoms with E-state index in [4.69, 9.17) is 0 Å². The molecule has 6 heteroatoms. The number of carbonyl (C=O) groups excluding carboxylic acids is 1. The highest BCUT2D eigenvalue weighted by Crippen LogP contribution is 2.17. The number of rotatable bonds is 49. The Labute approximate surface area is 374 Å². The maximum atomic E-state index is 12.5. The summed E-state index contributed by atoms with van der Waals surface area (Å²) in [4.78, 5) is 12.5. The topological polar surface area (TPSA) is 110 Å². The van der Waals surface area contributed by atoms with E-state index >= 15 is 0 Å². The fourth-order valence-electron chi connectivity index (χ4n) is 8.40. The van der Waals surface area contributed by atoms with Gasteiger partial charge in [-0.1, -0.05) is 244 Å². The molecule has 0 aromatic rings. The van der Waals surface area contributed by atoms with E-state index < -0.39 is 36.9 Å². The fourth-order valence-corrected chi connectivity index (χ4v) is 8.40. The fraction of sp³-hybridized carbons (Fsp3) is 0.907. The Hall–Kier alpha value is -1.21. The van der Waals surface area contributed by atoms with Crippen LogP contribution in [0.15, 0.2) is 24.3 Å². The minimum absolute atomic E-state index is 0.357. The molecule has 0 saturated carbocycles. The predicted octanol–water partition coefficient (Wildman–Crippen LogP) is 15.1. The van der Waals surface area contributed by atoms with Crippen LogP contribution >= 0.6 is 0 Å². The van der Waals surface area contributed by atoms with E-state index in [-0.39, 0.29) is 0 Å². The molecule has 0 aliphatic rings. The summed E-state index contributed by atoms with van der Waals surface area (Å²) in [6.45, 7) is 4.04. The van der Waals surface area contributed by atoms with Crippen LogP contribution in [0.5, 0.6) is 0 Å². The number of hydrogen-bond donors (Lipinski definition) is 5. The molecule has 0 spiro atoms. The lowest BCUT2D eigenvalue weighted by Crippen LogP contribution is -2.53. The molecule has 0 aromatic heterocycles. The maximum absolute atomic E-state index is 12.5. The third-order valence-electron chi connectivity index (χ3n) is 12.6. The van der Waals surface area contributed by atoms with Crippen molar-refractivity contribution in [1.82, 2.24) is 5.32 Å². The lowest BCUT2D eigenvalue weighted by Gasteiger charge is -2.27. The Morgan fingerprint density at radius 3 is 1.02 bits per heavy atom. The molecule has 5 N–H and O–H groups in total. The molecule has 0 fully saturated rings. The van der Waals surface area contributed by atoms with Crippen LogP contribution in [-0.4, -0.2) is 57.3 Å². The Kier molecular flexibility index (Phi) is 47.8. The Bertz CT molecular complexity index is 909. The predicted molar refractivity (Wildman–Crippen MR) is 261 cm³/mol. The summed E-state index contributed by atoms with van der Waals surface area (Å²) in [5, 5.41) is 43.8. The minimum Gasteiger partial charge on any atom is -0.394 e. The summed E-state index contributed by atoms with van der Waals surface area (Å²) in [6, 6.07) is -1.00. The highest BCUT2D eigenvalue weighted by Gasteiger charge is 2.28. The molecule has 6 nitrogen and oxygen atoms in total. The largest absolute Gasteiger partial charge is 0.394 e. The molecule has 356 valence electrons. The summed E-state index contributed by atoms with van der Waals surface area (Å²) in [6.07, 6.45) is 58.2. The van der Waals surface area contributed by atoms with Crippen molar-refractivity contribution in [2.75, 3.05) is 6.61 Å². The Balaban J connectivity index is 3.61. The third-order valence-corrected chi connectivity index (χ3v) is 12.6. The number of nitrogens with one attached hydrogen (secondary N) is 1. The molecular formula is C54H105NO5. The van der Waals surface area contributed by atoms with Crippen LogP contribution in [0.4, 0.5) is 0 Å². The number of amides is 1. The smallest absolute Gasteiger partial charge is 0.249 e. The van der Waals surface area contributed by atoms with Crippen LogP contribution in [0.2, 0.25) is 0 Å². The number of aliphatic hydroxyl groups excluding tert-OH is 4. The van der Waals surface area contributed by atoms with E-state index in [1.165, 1.54) is 212 Å². The second kappa shape index (κ2) is 48.8. The molecule has 0 aromatic carbocycles. The summed E-state index contributed by atoms with van der Waals surface area (Å²) < 4.78 is 0. The van der Waals surface area contributed by atoms with Gasteiger partial charge in [-0.25, -0.2) is 0 Å². The van der Waals surface area contributed by atoms with Gasteiger partial charge >= 0.3 is 0 Å². The first kappa shape index (κ1) is 58.8. The van der Waals surface area contributed by atoms with Gasteiger partial charge in [-0.3, -0.25) is 4.79 Å². The summed E-state index contributed by atoms with van der Waals surface area (Å²) >= 11 is 0. The quantitative estimate of drug-likeness (QED) is 0.0309. The van der Waals surface area contributed by atoms with Crippen molar-refractivity contribution in [1.29, 1.82) is 0 Å². The van der Waals surface area contributed by atoms with Crippen LogP contribution in [0.3, 0.4) is 0 Å². The van der Waals surface area contributed by atoms with Crippen molar-refractivity contribution in [2.45, 2.75) is 308 Å². The normalized spacial score (nSPS) is 14.0. The van der Waals surface area contributed by atoms with Crippen LogP contribution in [0.25, 0.3) is 0 Å². The van der Waals surface area contributed by atoms with Gasteiger partial charge in [0.1, 0.15) is 12.2 Å². The van der Waals surface area contributed by atoms with E-state index in [0.29, 0.717) is 12.8 Å². The van der Waals surface area contributed by atoms with Crippen LogP contribution in [0, 0.1) is 0 Å². The Morgan fingerprint density at radius 1 is 0.400 bits per heavy atom. The highest BCUT2D eigenvalue weighted by molar-refractivity contribution is 5.80. The average Bonchev–Trinajstić information content (AvgIpc) is 3.25. The zero-order valence-electron chi connectivity index (χ0n) is 40.2. The average molecular weight is 848 g/mol. The Morgan fingerprint density at radius 2 is 0.683 bits per heavy atom. The number of aliphatic hydroxyl groups is 4. The molecule has 1 amide bonds. The van der Waals surface area contributed by atoms with Gasteiger partial charge in [0.05, 0.1) is 18.8 Å². The van der Waals surface area contributed by atoms with Gasteiger partial charge in [0.2, 0.25) is 5.91 Å². The number of hydrogen-bond acceptors (Lipinski definition) is 5. The summed E-state index contributed by atoms with van der Waals surface area (Å²) in [5.74, 6) is -0.597. The molecule has 0 aliphatic carbocycles. The molecule has 0 rings (SSSR count). The zero-order valence-corrected chi connectivity index (χ0v) is 40.2. The van der Waals surface area contributed by atoms with Crippen molar-refractivity contribution in [3.05, 3.63) is 24.3 Å². The van der Waals surface area contributed by atoms with Crippen molar-refractivity contribution < 1.29 is 25.2 Å². The number of carbonyl (C=O) groups is 1. The zero-order chi connectivity index (χ0) is 43.8. The molecular weight excluding hydrogens is 743 g/mol. The second-order valence-electron chi connectivity index (χ2n) is 18.6. The van der Waals surface area contributed by atoms with Gasteiger partial charge in [0.25, 0.3) is 0 Å². The van der Waals surface area contributed by atoms with Crippen molar-refractivity contribution in [3.63, 3.8) is 0 Å². The first-order chi connectivity index (χ1) is 29.5. The van der Waals surface area contributed by atoms with E-state index in [0.717, 1.165) is 44.9 Å². The van der Waals surface area contributed by atoms with Gasteiger partial charge in [-0.05, 0) is 64.2 Å². The molecule has 4 unspecified atom stereocenters. The maximum Gasteiger partial charge on any atom is 0.249 e. The van der Waals surface area contributed by atoms with Crippen LogP contribution < -0.4 is 5.32 Å². The first-order valence-corrected chi connectivity index (χ1v) is 26.7. The molecule has 0 heterocycles. The van der Waals surface area contributed by atoms with Gasteiger partial charge in [-0.2, -0.15) is 0 Å². The van der Waals surface area contributed by atoms with Gasteiger partial charge < -0.3 is 25.7 Å². The van der Waals surface area contributed by atoms with Gasteiger partial charge in [0, 0.05) is 0 Å². The molecule has 0 aliphatic heterocycles. The SMILES string of the molecule is CCCCCC/C=C\CCCCCCCCC(O)C(=O)NC(CO)C(O)C(O)CCC/C=C/CCCCCCCCCCCCCCCCCCCCCCCCCCC. The lowest BCUT2D eigenvalue weighted by molar-refractivity contribution is -0.132. The molecule has 4 atom stereocenters. The number of allylic oxidation sites excluding steroid dienone is 4. The monoisotopic (exact) mass is 848 g/mol. The van der Waals surface area contributed by atoms with Crippen LogP contribution in [0.1, 0.15) is 284 Å². The summed E-state index contributed by atoms with van der Waals surface area (Å²) in [5.41, 5.74) is 0. The van der Waals surface area contributed by atoms with Gasteiger partial charge in [-0.15, -0.1) is 0 Å². The third kappa shape index (κ3) is 42.1. The van der Waals surface area contributed by atoms with Gasteiger partial charge in [0.15, 0.2) is 0 Å². The van der Waals surface area contributed by atoms with Crippen molar-refractivity contribution in [2.24, 2.45) is 0 Å². The minimum atomic E-state index is -1.28. The van der Waals surface area contributed by atoms with E-state index in [1.807, 2.05) is 0 Å². The van der Waals surface area contributed by atoms with Crippen LogP contribution in [-0.2, 0) is 4.79 Å². The molecule has 0 bridgehead atoms. The van der Waals surface area contributed by atoms with E-state index in [2.05, 4.69) is 43.5 Å². The standard InChI is InChI=1S/C54H105NO5/c1-3-5-7-9-11-13-15-17-19-20-21-22-23-24-25-26-27-28-29-30-31-32-33-34-36-37-39-41-43-45-47-51(57)53(59)50(49-56)55-54(60)52(58)48-46-44-42-40-38-35-18-16-14-12-10-8-6-4-2/h14,16,39,41,50-53,56-59H,3-13,15,17-38,40,42-49H2,1-2H3,(H,55,60)/b16-14-,41-39+. The van der Waals surface area contributed by atoms with Crippen molar-refractivity contribution >= 4 is 5.91 Å². The van der Waals surface area contributed by atoms with E-state index in [9.17, 15) is 25.2 Å². The highest BCUT2D eigenvalue weighted by atomic mass is 16.3. The first-order valence-electron chi connectivity index (χ1n) is 26.7. The lowest BCUT2D eigenvalue weighted by atomic mass is 10.00. The number of unbranched alkanes of at least 4 members (excludes halogenated alkanes) is 36. The molecule has 0 saturated heterocycles. The second-order valence-corrected chi connectivity index (χ2v) is 18.6. The van der Waals surface area contributed by atoms with Crippen molar-refractivity contribution in [3.8, 4) is 0 Å². The summed E-state index contributed by atoms with van der Waals surface area (Å²) in [7, 11) is 0. The molecule has 60 heavy (non-hydrogen) atoms. The molecule has 0 radical (unpaired) electrons.